The average molecular weight is 306 g/mol. The molecule has 0 bridgehead atoms. The number of nitrogens with one attached hydrogen (secondary N) is 1. The molecule has 0 amide bonds. The molecule has 1 rings (SSSR count). The van der Waals surface area contributed by atoms with Gasteiger partial charge in [0.05, 0.1) is 11.0 Å². The number of nitro benzene ring substituents is 1. The number of nitrogens with zero attached hydrogens (tertiary/aromatic N) is 1. The molecule has 0 aromatic heterocycles. The van der Waals surface area contributed by atoms with E-state index in [0.29, 0.717) is 6.61 Å². The van der Waals surface area contributed by atoms with Crippen molar-refractivity contribution in [3.05, 3.63) is 34.1 Å². The van der Waals surface area contributed by atoms with Crippen LogP contribution in [0.2, 0.25) is 0 Å². The molecule has 0 heterocycles. The van der Waals surface area contributed by atoms with Crippen LogP contribution in [0, 0.1) is 15.9 Å². The predicted octanol–water partition coefficient (Wildman–Crippen LogP) is 1.44. The highest BCUT2D eigenvalue weighted by Gasteiger charge is 2.29. The molecule has 112 valence electrons. The molecule has 9 heteroatoms. The number of halogens is 1. The Labute approximate surface area is 115 Å². The van der Waals surface area contributed by atoms with E-state index in [4.69, 9.17) is 4.74 Å². The SMILES string of the molecule is CCOC(C)CNS(=O)(=O)c1cccc(F)c1[N+](=O)[O-]. The molecule has 0 spiro atoms. The van der Waals surface area contributed by atoms with Gasteiger partial charge >= 0.3 is 5.69 Å². The Balaban J connectivity index is 3.04. The smallest absolute Gasteiger partial charge is 0.324 e. The van der Waals surface area contributed by atoms with Crippen LogP contribution in [0.15, 0.2) is 23.1 Å². The lowest BCUT2D eigenvalue weighted by molar-refractivity contribution is -0.390. The molecule has 1 unspecified atom stereocenters. The fourth-order valence-electron chi connectivity index (χ4n) is 1.54. The highest BCUT2D eigenvalue weighted by molar-refractivity contribution is 7.89. The van der Waals surface area contributed by atoms with E-state index in [0.717, 1.165) is 18.2 Å². The van der Waals surface area contributed by atoms with Gasteiger partial charge in [0, 0.05) is 13.2 Å². The van der Waals surface area contributed by atoms with Gasteiger partial charge in [0.25, 0.3) is 0 Å². The zero-order valence-corrected chi connectivity index (χ0v) is 11.8. The first kappa shape index (κ1) is 16.5. The van der Waals surface area contributed by atoms with Crippen LogP contribution in [0.25, 0.3) is 0 Å². The molecule has 20 heavy (non-hydrogen) atoms. The van der Waals surface area contributed by atoms with Gasteiger partial charge in [-0.2, -0.15) is 4.39 Å². The molecule has 0 radical (unpaired) electrons. The third-order valence-electron chi connectivity index (χ3n) is 2.43. The van der Waals surface area contributed by atoms with Gasteiger partial charge in [-0.15, -0.1) is 0 Å². The van der Waals surface area contributed by atoms with Gasteiger partial charge in [0.2, 0.25) is 15.8 Å². The Kier molecular flexibility index (Phi) is 5.54. The van der Waals surface area contributed by atoms with E-state index in [1.165, 1.54) is 0 Å². The fourth-order valence-corrected chi connectivity index (χ4v) is 2.83. The number of hydrogen-bond donors (Lipinski definition) is 1. The van der Waals surface area contributed by atoms with Crippen molar-refractivity contribution < 1.29 is 22.5 Å². The van der Waals surface area contributed by atoms with Crippen molar-refractivity contribution in [1.29, 1.82) is 0 Å². The van der Waals surface area contributed by atoms with Crippen LogP contribution in [-0.4, -0.2) is 32.6 Å². The Morgan fingerprint density at radius 3 is 2.70 bits per heavy atom. The van der Waals surface area contributed by atoms with E-state index in [1.807, 2.05) is 0 Å². The van der Waals surface area contributed by atoms with E-state index in [2.05, 4.69) is 4.72 Å². The molecule has 7 nitrogen and oxygen atoms in total. The Hall–Kier alpha value is -1.58. The first-order valence-electron chi connectivity index (χ1n) is 5.83. The second-order valence-electron chi connectivity index (χ2n) is 3.96. The van der Waals surface area contributed by atoms with Gasteiger partial charge < -0.3 is 4.74 Å². The maximum atomic E-state index is 13.4. The third-order valence-corrected chi connectivity index (χ3v) is 3.89. The van der Waals surface area contributed by atoms with Gasteiger partial charge in [-0.3, -0.25) is 10.1 Å². The van der Waals surface area contributed by atoms with Crippen molar-refractivity contribution in [2.75, 3.05) is 13.2 Å². The highest BCUT2D eigenvalue weighted by atomic mass is 32.2. The monoisotopic (exact) mass is 306 g/mol. The molecule has 0 aliphatic rings. The standard InChI is InChI=1S/C11H15FN2O5S/c1-3-19-8(2)7-13-20(17,18)10-6-4-5-9(12)11(10)14(15)16/h4-6,8,13H,3,7H2,1-2H3. The van der Waals surface area contributed by atoms with Crippen LogP contribution < -0.4 is 4.72 Å². The fraction of sp³-hybridized carbons (Fsp3) is 0.455. The zero-order chi connectivity index (χ0) is 15.3. The van der Waals surface area contributed by atoms with E-state index in [1.54, 1.807) is 13.8 Å². The summed E-state index contributed by atoms with van der Waals surface area (Å²) in [5.74, 6) is -1.20. The van der Waals surface area contributed by atoms with Crippen LogP contribution >= 0.6 is 0 Å². The van der Waals surface area contributed by atoms with E-state index in [9.17, 15) is 22.9 Å². The molecule has 0 aliphatic heterocycles. The van der Waals surface area contributed by atoms with Gasteiger partial charge in [0.1, 0.15) is 0 Å². The number of sulfonamides is 1. The lowest BCUT2D eigenvalue weighted by Gasteiger charge is -2.13. The molecule has 0 saturated heterocycles. The summed E-state index contributed by atoms with van der Waals surface area (Å²) >= 11 is 0. The number of para-hydroxylation sites is 1. The van der Waals surface area contributed by atoms with Crippen LogP contribution in [0.1, 0.15) is 13.8 Å². The number of hydrogen-bond acceptors (Lipinski definition) is 5. The Bertz CT molecular complexity index is 590. The minimum absolute atomic E-state index is 0.0656. The number of rotatable bonds is 7. The van der Waals surface area contributed by atoms with Gasteiger partial charge in [-0.05, 0) is 26.0 Å². The summed E-state index contributed by atoms with van der Waals surface area (Å²) in [5, 5.41) is 10.8. The van der Waals surface area contributed by atoms with Crippen LogP contribution in [0.4, 0.5) is 10.1 Å². The summed E-state index contributed by atoms with van der Waals surface area (Å²) in [6.45, 7) is 3.74. The van der Waals surface area contributed by atoms with Crippen molar-refractivity contribution in [3.8, 4) is 0 Å². The molecular formula is C11H15FN2O5S. The van der Waals surface area contributed by atoms with Crippen molar-refractivity contribution in [2.24, 2.45) is 0 Å². The molecule has 0 saturated carbocycles. The van der Waals surface area contributed by atoms with Crippen LogP contribution in [-0.2, 0) is 14.8 Å². The summed E-state index contributed by atoms with van der Waals surface area (Å²) in [6.07, 6.45) is -0.401. The second-order valence-corrected chi connectivity index (χ2v) is 5.70. The summed E-state index contributed by atoms with van der Waals surface area (Å²) in [5.41, 5.74) is -1.07. The Morgan fingerprint density at radius 2 is 2.15 bits per heavy atom. The van der Waals surface area contributed by atoms with Crippen LogP contribution in [0.5, 0.6) is 0 Å². The first-order chi connectivity index (χ1) is 9.29. The van der Waals surface area contributed by atoms with Gasteiger partial charge in [-0.25, -0.2) is 13.1 Å². The number of benzene rings is 1. The maximum Gasteiger partial charge on any atom is 0.324 e. The lowest BCUT2D eigenvalue weighted by atomic mass is 10.3. The predicted molar refractivity (Wildman–Crippen MR) is 69.3 cm³/mol. The van der Waals surface area contributed by atoms with Crippen molar-refractivity contribution in [3.63, 3.8) is 0 Å². The molecular weight excluding hydrogens is 291 g/mol. The first-order valence-corrected chi connectivity index (χ1v) is 7.32. The minimum atomic E-state index is -4.18. The van der Waals surface area contributed by atoms with E-state index >= 15 is 0 Å². The van der Waals surface area contributed by atoms with Crippen LogP contribution in [0.3, 0.4) is 0 Å². The second kappa shape index (κ2) is 6.73. The topological polar surface area (TPSA) is 98.5 Å². The third kappa shape index (κ3) is 3.95. The molecule has 1 aromatic rings. The van der Waals surface area contributed by atoms with Crippen molar-refractivity contribution >= 4 is 15.7 Å². The quantitative estimate of drug-likeness (QED) is 0.607. The molecule has 1 aromatic carbocycles. The average Bonchev–Trinajstić information content (AvgIpc) is 2.36. The summed E-state index contributed by atoms with van der Waals surface area (Å²) in [6, 6.07) is 2.91. The zero-order valence-electron chi connectivity index (χ0n) is 11.0. The normalized spacial score (nSPS) is 13.2. The molecule has 0 aliphatic carbocycles. The van der Waals surface area contributed by atoms with E-state index < -0.39 is 37.5 Å². The Morgan fingerprint density at radius 1 is 1.50 bits per heavy atom. The van der Waals surface area contributed by atoms with Gasteiger partial charge in [-0.1, -0.05) is 6.07 Å². The summed E-state index contributed by atoms with van der Waals surface area (Å²) < 4.78 is 44.7. The van der Waals surface area contributed by atoms with Crippen molar-refractivity contribution in [1.82, 2.24) is 4.72 Å². The van der Waals surface area contributed by atoms with Crippen molar-refractivity contribution in [2.45, 2.75) is 24.8 Å². The number of ether oxygens (including phenoxy) is 1. The highest BCUT2D eigenvalue weighted by Crippen LogP contribution is 2.26. The van der Waals surface area contributed by atoms with Gasteiger partial charge in [0.15, 0.2) is 4.90 Å². The summed E-state index contributed by atoms with van der Waals surface area (Å²) in [4.78, 5) is 9.02. The van der Waals surface area contributed by atoms with E-state index in [-0.39, 0.29) is 6.54 Å². The molecule has 0 fully saturated rings. The molecule has 1 atom stereocenters. The molecule has 1 N–H and O–H groups in total. The summed E-state index contributed by atoms with van der Waals surface area (Å²) in [7, 11) is -4.18. The lowest BCUT2D eigenvalue weighted by Crippen LogP contribution is -2.32. The number of nitro groups is 1. The largest absolute Gasteiger partial charge is 0.377 e. The minimum Gasteiger partial charge on any atom is -0.377 e. The maximum absolute atomic E-state index is 13.4.